The first-order valence-electron chi connectivity index (χ1n) is 8.78. The molecule has 136 valence electrons. The van der Waals surface area contributed by atoms with Crippen LogP contribution < -0.4 is 4.74 Å². The Balaban J connectivity index is 1.58. The van der Waals surface area contributed by atoms with E-state index in [1.54, 1.807) is 13.3 Å². The molecule has 2 unspecified atom stereocenters. The molecular weight excluding hydrogens is 318 g/mol. The van der Waals surface area contributed by atoms with Gasteiger partial charge in [-0.1, -0.05) is 0 Å². The van der Waals surface area contributed by atoms with E-state index >= 15 is 0 Å². The van der Waals surface area contributed by atoms with Gasteiger partial charge in [0.2, 0.25) is 5.89 Å². The van der Waals surface area contributed by atoms with E-state index in [4.69, 9.17) is 9.15 Å². The third-order valence-electron chi connectivity index (χ3n) is 4.63. The third kappa shape index (κ3) is 4.60. The van der Waals surface area contributed by atoms with Crippen LogP contribution in [0.1, 0.15) is 19.7 Å². The predicted octanol–water partition coefficient (Wildman–Crippen LogP) is 2.24. The molecule has 2 heterocycles. The zero-order chi connectivity index (χ0) is 17.8. The summed E-state index contributed by atoms with van der Waals surface area (Å²) < 4.78 is 11.1. The number of nitrogens with zero attached hydrogens (tertiary/aromatic N) is 3. The van der Waals surface area contributed by atoms with Gasteiger partial charge in [0.25, 0.3) is 0 Å². The summed E-state index contributed by atoms with van der Waals surface area (Å²) >= 11 is 0. The zero-order valence-corrected chi connectivity index (χ0v) is 15.2. The molecule has 0 aliphatic carbocycles. The van der Waals surface area contributed by atoms with Crippen LogP contribution in [0.15, 0.2) is 34.9 Å². The summed E-state index contributed by atoms with van der Waals surface area (Å²) in [5, 5.41) is 9.58. The van der Waals surface area contributed by atoms with Crippen LogP contribution in [0.3, 0.4) is 0 Å². The van der Waals surface area contributed by atoms with E-state index in [-0.39, 0.29) is 6.10 Å². The molecule has 0 bridgehead atoms. The van der Waals surface area contributed by atoms with Gasteiger partial charge in [-0.25, -0.2) is 4.98 Å². The molecule has 3 rings (SSSR count). The predicted molar refractivity (Wildman–Crippen MR) is 96.5 cm³/mol. The van der Waals surface area contributed by atoms with Crippen molar-refractivity contribution in [3.63, 3.8) is 0 Å². The standard InChI is InChI=1S/C19H27N3O3/c1-14-11-21(8-9-22(14)12-15(2)23)13-19-20-10-18(25-19)16-4-6-17(24-3)7-5-16/h4-7,10,14-15,23H,8-9,11-13H2,1-3H3. The number of piperazine rings is 1. The smallest absolute Gasteiger partial charge is 0.209 e. The number of aliphatic hydroxyl groups is 1. The van der Waals surface area contributed by atoms with Crippen molar-refractivity contribution in [2.24, 2.45) is 0 Å². The average Bonchev–Trinajstić information content (AvgIpc) is 3.05. The molecule has 6 heteroatoms. The Bertz CT molecular complexity index is 669. The highest BCUT2D eigenvalue weighted by Crippen LogP contribution is 2.24. The van der Waals surface area contributed by atoms with Crippen LogP contribution in [0.25, 0.3) is 11.3 Å². The molecule has 6 nitrogen and oxygen atoms in total. The molecule has 0 amide bonds. The molecule has 0 saturated carbocycles. The maximum Gasteiger partial charge on any atom is 0.209 e. The van der Waals surface area contributed by atoms with Crippen molar-refractivity contribution in [1.29, 1.82) is 0 Å². The summed E-state index contributed by atoms with van der Waals surface area (Å²) in [5.41, 5.74) is 0.995. The second-order valence-electron chi connectivity index (χ2n) is 6.77. The van der Waals surface area contributed by atoms with Crippen molar-refractivity contribution in [1.82, 2.24) is 14.8 Å². The Morgan fingerprint density at radius 2 is 2.08 bits per heavy atom. The Labute approximate surface area is 149 Å². The van der Waals surface area contributed by atoms with Crippen LogP contribution >= 0.6 is 0 Å². The summed E-state index contributed by atoms with van der Waals surface area (Å²) in [6.45, 7) is 8.35. The lowest BCUT2D eigenvalue weighted by Gasteiger charge is -2.39. The van der Waals surface area contributed by atoms with Gasteiger partial charge in [-0.05, 0) is 38.1 Å². The van der Waals surface area contributed by atoms with Gasteiger partial charge in [-0.3, -0.25) is 9.80 Å². The van der Waals surface area contributed by atoms with Crippen molar-refractivity contribution >= 4 is 0 Å². The molecule has 1 saturated heterocycles. The fourth-order valence-electron chi connectivity index (χ4n) is 3.29. The number of hydrogen-bond donors (Lipinski definition) is 1. The molecule has 1 fully saturated rings. The minimum Gasteiger partial charge on any atom is -0.497 e. The van der Waals surface area contributed by atoms with E-state index in [0.717, 1.165) is 49.1 Å². The summed E-state index contributed by atoms with van der Waals surface area (Å²) in [7, 11) is 1.66. The second kappa shape index (κ2) is 7.99. The molecule has 0 radical (unpaired) electrons. The number of aromatic nitrogens is 1. The number of oxazole rings is 1. The fraction of sp³-hybridized carbons (Fsp3) is 0.526. The van der Waals surface area contributed by atoms with E-state index in [0.29, 0.717) is 12.6 Å². The number of ether oxygens (including phenoxy) is 1. The van der Waals surface area contributed by atoms with Crippen LogP contribution in [0, 0.1) is 0 Å². The minimum absolute atomic E-state index is 0.284. The second-order valence-corrected chi connectivity index (χ2v) is 6.77. The number of benzene rings is 1. The SMILES string of the molecule is COc1ccc(-c2cnc(CN3CCN(CC(C)O)C(C)C3)o2)cc1. The Morgan fingerprint density at radius 3 is 2.72 bits per heavy atom. The molecule has 2 atom stereocenters. The quantitative estimate of drug-likeness (QED) is 0.866. The van der Waals surface area contributed by atoms with Crippen molar-refractivity contribution < 1.29 is 14.3 Å². The molecule has 0 spiro atoms. The molecule has 1 aliphatic rings. The molecule has 1 aliphatic heterocycles. The maximum atomic E-state index is 9.58. The topological polar surface area (TPSA) is 62.0 Å². The number of hydrogen-bond acceptors (Lipinski definition) is 6. The van der Waals surface area contributed by atoms with Gasteiger partial charge in [-0.15, -0.1) is 0 Å². The molecular formula is C19H27N3O3. The van der Waals surface area contributed by atoms with Gasteiger partial charge in [0.1, 0.15) is 5.75 Å². The summed E-state index contributed by atoms with van der Waals surface area (Å²) in [4.78, 5) is 9.12. The zero-order valence-electron chi connectivity index (χ0n) is 15.2. The van der Waals surface area contributed by atoms with Crippen LogP contribution in [0.2, 0.25) is 0 Å². The van der Waals surface area contributed by atoms with Crippen LogP contribution in [0.4, 0.5) is 0 Å². The van der Waals surface area contributed by atoms with E-state index in [9.17, 15) is 5.11 Å². The van der Waals surface area contributed by atoms with Crippen LogP contribution in [0.5, 0.6) is 5.75 Å². The highest BCUT2D eigenvalue weighted by Gasteiger charge is 2.25. The number of rotatable bonds is 6. The summed E-state index contributed by atoms with van der Waals surface area (Å²) in [6, 6.07) is 8.20. The minimum atomic E-state index is -0.284. The average molecular weight is 345 g/mol. The molecule has 25 heavy (non-hydrogen) atoms. The molecule has 1 aromatic heterocycles. The van der Waals surface area contributed by atoms with Crippen molar-refractivity contribution in [2.75, 3.05) is 33.3 Å². The summed E-state index contributed by atoms with van der Waals surface area (Å²) in [5.74, 6) is 2.34. The number of β-amino-alcohol motifs (C(OH)–C–C–N with tert-alkyl or cyclic N) is 1. The van der Waals surface area contributed by atoms with Gasteiger partial charge < -0.3 is 14.3 Å². The number of aliphatic hydroxyl groups excluding tert-OH is 1. The fourth-order valence-corrected chi connectivity index (χ4v) is 3.29. The maximum absolute atomic E-state index is 9.58. The summed E-state index contributed by atoms with van der Waals surface area (Å²) in [6.07, 6.45) is 1.50. The Kier molecular flexibility index (Phi) is 5.73. The molecule has 2 aromatic rings. The Morgan fingerprint density at radius 1 is 1.32 bits per heavy atom. The third-order valence-corrected chi connectivity index (χ3v) is 4.63. The van der Waals surface area contributed by atoms with Gasteiger partial charge in [0.05, 0.1) is 26.0 Å². The van der Waals surface area contributed by atoms with E-state index in [1.165, 1.54) is 0 Å². The first kappa shape index (κ1) is 17.9. The van der Waals surface area contributed by atoms with Gasteiger partial charge >= 0.3 is 0 Å². The van der Waals surface area contributed by atoms with Crippen molar-refractivity contribution in [2.45, 2.75) is 32.5 Å². The highest BCUT2D eigenvalue weighted by atomic mass is 16.5. The van der Waals surface area contributed by atoms with Crippen LogP contribution in [-0.2, 0) is 6.54 Å². The first-order valence-corrected chi connectivity index (χ1v) is 8.78. The lowest BCUT2D eigenvalue weighted by atomic mass is 10.1. The largest absolute Gasteiger partial charge is 0.497 e. The lowest BCUT2D eigenvalue weighted by Crippen LogP contribution is -2.53. The van der Waals surface area contributed by atoms with Crippen molar-refractivity contribution in [3.8, 4) is 17.1 Å². The van der Waals surface area contributed by atoms with Crippen LogP contribution in [-0.4, -0.2) is 65.3 Å². The molecule has 1 aromatic carbocycles. The van der Waals surface area contributed by atoms with Gasteiger partial charge in [0, 0.05) is 37.8 Å². The monoisotopic (exact) mass is 345 g/mol. The molecule has 1 N–H and O–H groups in total. The lowest BCUT2D eigenvalue weighted by molar-refractivity contribution is 0.0393. The Hall–Kier alpha value is -1.89. The normalized spacial score (nSPS) is 20.6. The van der Waals surface area contributed by atoms with E-state index < -0.39 is 0 Å². The van der Waals surface area contributed by atoms with Crippen molar-refractivity contribution in [3.05, 3.63) is 36.4 Å². The number of methoxy groups -OCH3 is 1. The van der Waals surface area contributed by atoms with E-state index in [1.807, 2.05) is 31.2 Å². The highest BCUT2D eigenvalue weighted by molar-refractivity contribution is 5.57. The van der Waals surface area contributed by atoms with E-state index in [2.05, 4.69) is 21.7 Å². The van der Waals surface area contributed by atoms with Gasteiger partial charge in [-0.2, -0.15) is 0 Å². The van der Waals surface area contributed by atoms with Gasteiger partial charge in [0.15, 0.2) is 5.76 Å². The first-order chi connectivity index (χ1) is 12.0.